The standard InChI is InChI=1S/C33H51N3O3/c1-32(2,3)33(22-13-8-14-23-33)31(39)36-28-26(34-29(37)24-16-9-4-5-10-17-24)20-15-21-27(28)35-30(38)25-18-11-6-7-12-19-25/h15,20-21,24-25H,4-14,16-19,22-23H2,1-3H3,(H,34,37)(H,35,38)(H,36,39). The van der Waals surface area contributed by atoms with E-state index in [4.69, 9.17) is 0 Å². The molecule has 6 heteroatoms. The van der Waals surface area contributed by atoms with Crippen molar-refractivity contribution in [1.29, 1.82) is 0 Å². The molecule has 0 spiro atoms. The van der Waals surface area contributed by atoms with Crippen LogP contribution < -0.4 is 16.0 Å². The lowest BCUT2D eigenvalue weighted by Gasteiger charge is -2.46. The van der Waals surface area contributed by atoms with Gasteiger partial charge in [-0.2, -0.15) is 0 Å². The van der Waals surface area contributed by atoms with Gasteiger partial charge in [0.1, 0.15) is 0 Å². The Morgan fingerprint density at radius 1 is 0.641 bits per heavy atom. The van der Waals surface area contributed by atoms with Gasteiger partial charge in [0, 0.05) is 11.8 Å². The molecule has 0 unspecified atom stereocenters. The number of rotatable bonds is 6. The summed E-state index contributed by atoms with van der Waals surface area (Å²) in [4.78, 5) is 41.0. The lowest BCUT2D eigenvalue weighted by molar-refractivity contribution is -0.135. The zero-order valence-electron chi connectivity index (χ0n) is 24.6. The Kier molecular flexibility index (Phi) is 10.1. The Balaban J connectivity index is 1.64. The number of hydrogen-bond acceptors (Lipinski definition) is 3. The molecule has 1 aromatic rings. The Labute approximate surface area is 235 Å². The predicted octanol–water partition coefficient (Wildman–Crippen LogP) is 8.44. The number of benzene rings is 1. The molecule has 6 nitrogen and oxygen atoms in total. The van der Waals surface area contributed by atoms with Gasteiger partial charge in [-0.1, -0.05) is 97.5 Å². The van der Waals surface area contributed by atoms with E-state index in [0.29, 0.717) is 17.1 Å². The summed E-state index contributed by atoms with van der Waals surface area (Å²) in [6.07, 6.45) is 17.6. The molecular formula is C33H51N3O3. The van der Waals surface area contributed by atoms with Crippen molar-refractivity contribution in [2.75, 3.05) is 16.0 Å². The van der Waals surface area contributed by atoms with Gasteiger partial charge in [0.2, 0.25) is 17.7 Å². The van der Waals surface area contributed by atoms with Gasteiger partial charge in [0.25, 0.3) is 0 Å². The van der Waals surface area contributed by atoms with E-state index in [-0.39, 0.29) is 35.0 Å². The van der Waals surface area contributed by atoms with E-state index in [0.717, 1.165) is 83.5 Å². The van der Waals surface area contributed by atoms with Crippen LogP contribution in [0.5, 0.6) is 0 Å². The molecule has 0 aromatic heterocycles. The van der Waals surface area contributed by atoms with Gasteiger partial charge >= 0.3 is 0 Å². The summed E-state index contributed by atoms with van der Waals surface area (Å²) in [6, 6.07) is 5.58. The molecule has 3 aliphatic rings. The average molecular weight is 538 g/mol. The highest BCUT2D eigenvalue weighted by Gasteiger charge is 2.48. The summed E-state index contributed by atoms with van der Waals surface area (Å²) in [5.41, 5.74) is 0.986. The molecule has 4 rings (SSSR count). The minimum atomic E-state index is -0.494. The summed E-state index contributed by atoms with van der Waals surface area (Å²) >= 11 is 0. The van der Waals surface area contributed by atoms with Crippen molar-refractivity contribution in [2.45, 2.75) is 130 Å². The Bertz CT molecular complexity index is 938. The first-order valence-electron chi connectivity index (χ1n) is 15.8. The van der Waals surface area contributed by atoms with Crippen LogP contribution in [0.2, 0.25) is 0 Å². The van der Waals surface area contributed by atoms with Crippen LogP contribution in [0.25, 0.3) is 0 Å². The summed E-state index contributed by atoms with van der Waals surface area (Å²) in [5, 5.41) is 9.60. The van der Waals surface area contributed by atoms with Gasteiger partial charge in [0.15, 0.2) is 0 Å². The summed E-state index contributed by atoms with van der Waals surface area (Å²) in [7, 11) is 0. The van der Waals surface area contributed by atoms with Crippen molar-refractivity contribution in [3.8, 4) is 0 Å². The highest BCUT2D eigenvalue weighted by Crippen LogP contribution is 2.51. The van der Waals surface area contributed by atoms with Gasteiger partial charge in [-0.25, -0.2) is 0 Å². The van der Waals surface area contributed by atoms with E-state index >= 15 is 0 Å². The number of para-hydroxylation sites is 1. The quantitative estimate of drug-likeness (QED) is 0.318. The molecule has 0 radical (unpaired) electrons. The maximum Gasteiger partial charge on any atom is 0.231 e. The minimum absolute atomic E-state index is 0.00386. The Morgan fingerprint density at radius 3 is 1.46 bits per heavy atom. The first-order valence-corrected chi connectivity index (χ1v) is 15.8. The zero-order valence-corrected chi connectivity index (χ0v) is 24.6. The van der Waals surface area contributed by atoms with Crippen LogP contribution >= 0.6 is 0 Å². The third-order valence-corrected chi connectivity index (χ3v) is 9.85. The highest BCUT2D eigenvalue weighted by atomic mass is 16.2. The normalized spacial score (nSPS) is 21.3. The van der Waals surface area contributed by atoms with E-state index in [1.807, 2.05) is 18.2 Å². The number of carbonyl (C=O) groups excluding carboxylic acids is 3. The van der Waals surface area contributed by atoms with Gasteiger partial charge in [-0.15, -0.1) is 0 Å². The predicted molar refractivity (Wildman–Crippen MR) is 160 cm³/mol. The van der Waals surface area contributed by atoms with Crippen molar-refractivity contribution >= 4 is 34.8 Å². The van der Waals surface area contributed by atoms with E-state index < -0.39 is 5.41 Å². The highest BCUT2D eigenvalue weighted by molar-refractivity contribution is 6.08. The molecule has 3 saturated carbocycles. The van der Waals surface area contributed by atoms with Gasteiger partial charge < -0.3 is 16.0 Å². The fourth-order valence-corrected chi connectivity index (χ4v) is 7.15. The van der Waals surface area contributed by atoms with E-state index in [1.54, 1.807) is 0 Å². The molecule has 216 valence electrons. The maximum atomic E-state index is 14.2. The molecule has 3 fully saturated rings. The fourth-order valence-electron chi connectivity index (χ4n) is 7.15. The second-order valence-electron chi connectivity index (χ2n) is 13.4. The second-order valence-corrected chi connectivity index (χ2v) is 13.4. The van der Waals surface area contributed by atoms with Crippen LogP contribution in [-0.4, -0.2) is 17.7 Å². The molecular weight excluding hydrogens is 486 g/mol. The lowest BCUT2D eigenvalue weighted by atomic mass is 9.59. The fraction of sp³-hybridized carbons (Fsp3) is 0.727. The first-order chi connectivity index (χ1) is 18.7. The van der Waals surface area contributed by atoms with Crippen molar-refractivity contribution < 1.29 is 14.4 Å². The van der Waals surface area contributed by atoms with Gasteiger partial charge in [-0.05, 0) is 56.1 Å². The van der Waals surface area contributed by atoms with Crippen molar-refractivity contribution in [1.82, 2.24) is 0 Å². The minimum Gasteiger partial charge on any atom is -0.324 e. The molecule has 39 heavy (non-hydrogen) atoms. The third kappa shape index (κ3) is 7.24. The first kappa shape index (κ1) is 29.6. The lowest BCUT2D eigenvalue weighted by Crippen LogP contribution is -2.47. The third-order valence-electron chi connectivity index (χ3n) is 9.85. The number of hydrogen-bond donors (Lipinski definition) is 3. The number of amides is 3. The molecule has 3 N–H and O–H groups in total. The van der Waals surface area contributed by atoms with Crippen LogP contribution in [-0.2, 0) is 14.4 Å². The summed E-state index contributed by atoms with van der Waals surface area (Å²) < 4.78 is 0. The van der Waals surface area contributed by atoms with Gasteiger partial charge in [0.05, 0.1) is 22.5 Å². The maximum absolute atomic E-state index is 14.2. The number of nitrogens with one attached hydrogen (secondary N) is 3. The molecule has 0 bridgehead atoms. The van der Waals surface area contributed by atoms with Crippen LogP contribution in [0.1, 0.15) is 130 Å². The number of anilines is 3. The molecule has 1 aromatic carbocycles. The van der Waals surface area contributed by atoms with Crippen LogP contribution in [0.15, 0.2) is 18.2 Å². The SMILES string of the molecule is CC(C)(C)C1(C(=O)Nc2c(NC(=O)C3CCCCCC3)cccc2NC(=O)C2CCCCCC2)CCCCC1. The van der Waals surface area contributed by atoms with Crippen molar-refractivity contribution in [3.05, 3.63) is 18.2 Å². The summed E-state index contributed by atoms with van der Waals surface area (Å²) in [6.45, 7) is 6.48. The van der Waals surface area contributed by atoms with E-state index in [1.165, 1.54) is 25.7 Å². The topological polar surface area (TPSA) is 87.3 Å². The van der Waals surface area contributed by atoms with Crippen LogP contribution in [0.4, 0.5) is 17.1 Å². The molecule has 3 amide bonds. The zero-order chi connectivity index (χ0) is 27.9. The molecule has 0 saturated heterocycles. The van der Waals surface area contributed by atoms with Crippen molar-refractivity contribution in [3.63, 3.8) is 0 Å². The molecule has 0 heterocycles. The van der Waals surface area contributed by atoms with Crippen LogP contribution in [0, 0.1) is 22.7 Å². The second kappa shape index (κ2) is 13.3. The molecule has 3 aliphatic carbocycles. The Morgan fingerprint density at radius 2 is 1.05 bits per heavy atom. The molecule has 0 aliphatic heterocycles. The van der Waals surface area contributed by atoms with E-state index in [9.17, 15) is 14.4 Å². The average Bonchev–Trinajstić information content (AvgIpc) is 3.36. The molecule has 0 atom stereocenters. The van der Waals surface area contributed by atoms with E-state index in [2.05, 4.69) is 36.7 Å². The van der Waals surface area contributed by atoms with Crippen LogP contribution in [0.3, 0.4) is 0 Å². The smallest absolute Gasteiger partial charge is 0.231 e. The number of carbonyl (C=O) groups is 3. The Hall–Kier alpha value is -2.37. The van der Waals surface area contributed by atoms with Gasteiger partial charge in [-0.3, -0.25) is 14.4 Å². The largest absolute Gasteiger partial charge is 0.324 e. The monoisotopic (exact) mass is 537 g/mol. The van der Waals surface area contributed by atoms with Crippen molar-refractivity contribution in [2.24, 2.45) is 22.7 Å². The summed E-state index contributed by atoms with van der Waals surface area (Å²) in [5.74, 6) is 0.000573.